The predicted octanol–water partition coefficient (Wildman–Crippen LogP) is 6.29. The second-order valence-corrected chi connectivity index (χ2v) is 9.92. The summed E-state index contributed by atoms with van der Waals surface area (Å²) in [6.07, 6.45) is 1.32. The van der Waals surface area contributed by atoms with Crippen LogP contribution in [0, 0.1) is 10.1 Å². The average molecular weight is 633 g/mol. The fraction of sp³-hybridized carbons (Fsp3) is 0.0345. The van der Waals surface area contributed by atoms with E-state index in [0.717, 1.165) is 4.68 Å². The van der Waals surface area contributed by atoms with Gasteiger partial charge in [0.15, 0.2) is 12.4 Å². The van der Waals surface area contributed by atoms with E-state index >= 15 is 0 Å². The third-order valence-electron chi connectivity index (χ3n) is 5.83. The lowest BCUT2D eigenvalue weighted by Crippen LogP contribution is -2.20. The van der Waals surface area contributed by atoms with E-state index in [-0.39, 0.29) is 10.2 Å². The van der Waals surface area contributed by atoms with Gasteiger partial charge < -0.3 is 10.1 Å². The lowest BCUT2D eigenvalue weighted by atomic mass is 10.2. The number of fused-ring (bicyclic) bond motifs is 1. The minimum absolute atomic E-state index is 0.132. The van der Waals surface area contributed by atoms with Crippen LogP contribution in [-0.4, -0.2) is 33.3 Å². The number of rotatable bonds is 8. The van der Waals surface area contributed by atoms with Crippen LogP contribution in [0.4, 0.5) is 11.4 Å². The molecule has 0 bridgehead atoms. The highest BCUT2D eigenvalue weighted by Crippen LogP contribution is 2.36. The Morgan fingerprint density at radius 2 is 1.78 bits per heavy atom. The van der Waals surface area contributed by atoms with Crippen molar-refractivity contribution >= 4 is 61.9 Å². The van der Waals surface area contributed by atoms with Gasteiger partial charge >= 0.3 is 5.69 Å². The number of para-hydroxylation sites is 1. The second kappa shape index (κ2) is 12.1. The number of ether oxygens (including phenoxy) is 1. The first-order chi connectivity index (χ1) is 19.8. The summed E-state index contributed by atoms with van der Waals surface area (Å²) in [5.41, 5.74) is 1.19. The van der Waals surface area contributed by atoms with Crippen LogP contribution in [0.2, 0.25) is 5.02 Å². The Hall–Kier alpha value is -4.87. The third kappa shape index (κ3) is 6.32. The predicted molar refractivity (Wildman–Crippen MR) is 161 cm³/mol. The van der Waals surface area contributed by atoms with Gasteiger partial charge in [0, 0.05) is 27.9 Å². The van der Waals surface area contributed by atoms with Crippen molar-refractivity contribution in [2.45, 2.75) is 0 Å². The molecule has 204 valence electrons. The Bertz CT molecular complexity index is 1860. The van der Waals surface area contributed by atoms with Gasteiger partial charge in [-0.1, -0.05) is 54.1 Å². The van der Waals surface area contributed by atoms with Gasteiger partial charge in [0.2, 0.25) is 5.75 Å². The molecule has 10 nitrogen and oxygen atoms in total. The molecule has 0 atom stereocenters. The number of nitro benzene ring substituents is 1. The highest BCUT2D eigenvalue weighted by molar-refractivity contribution is 9.10. The maximum Gasteiger partial charge on any atom is 0.312 e. The van der Waals surface area contributed by atoms with Crippen molar-refractivity contribution in [1.29, 1.82) is 0 Å². The zero-order valence-corrected chi connectivity index (χ0v) is 23.4. The Balaban J connectivity index is 1.45. The van der Waals surface area contributed by atoms with Crippen LogP contribution in [0.15, 0.2) is 105 Å². The molecule has 0 aliphatic rings. The maximum atomic E-state index is 13.4. The van der Waals surface area contributed by atoms with Crippen LogP contribution in [0.5, 0.6) is 5.75 Å². The van der Waals surface area contributed by atoms with Crippen LogP contribution in [0.1, 0.15) is 5.56 Å². The van der Waals surface area contributed by atoms with Crippen LogP contribution in [0.3, 0.4) is 0 Å². The lowest BCUT2D eigenvalue weighted by molar-refractivity contribution is -0.385. The van der Waals surface area contributed by atoms with Gasteiger partial charge in [-0.25, -0.2) is 4.98 Å². The number of aromatic nitrogens is 2. The molecule has 0 radical (unpaired) electrons. The van der Waals surface area contributed by atoms with Gasteiger partial charge in [0.25, 0.3) is 11.5 Å². The first-order valence-electron chi connectivity index (χ1n) is 12.1. The van der Waals surface area contributed by atoms with Crippen molar-refractivity contribution in [2.75, 3.05) is 11.9 Å². The molecule has 0 saturated carbocycles. The number of carbonyl (C=O) groups excluding carboxylic acids is 1. The van der Waals surface area contributed by atoms with E-state index in [4.69, 9.17) is 16.3 Å². The fourth-order valence-electron chi connectivity index (χ4n) is 3.95. The number of hydrogen-bond donors (Lipinski definition) is 1. The van der Waals surface area contributed by atoms with E-state index in [1.165, 1.54) is 18.3 Å². The molecule has 5 aromatic rings. The van der Waals surface area contributed by atoms with Crippen LogP contribution in [0.25, 0.3) is 22.3 Å². The number of benzene rings is 4. The number of anilines is 1. The molecule has 12 heteroatoms. The van der Waals surface area contributed by atoms with Gasteiger partial charge in [0.05, 0.1) is 26.5 Å². The number of halogens is 2. The van der Waals surface area contributed by atoms with Gasteiger partial charge in [-0.15, -0.1) is 0 Å². The highest BCUT2D eigenvalue weighted by atomic mass is 79.9. The third-order valence-corrected chi connectivity index (χ3v) is 6.67. The minimum Gasteiger partial charge on any atom is -0.476 e. The van der Waals surface area contributed by atoms with Gasteiger partial charge in [-0.05, 0) is 58.4 Å². The maximum absolute atomic E-state index is 13.4. The Morgan fingerprint density at radius 1 is 1.07 bits per heavy atom. The number of nitrogens with zero attached hydrogens (tertiary/aromatic N) is 4. The van der Waals surface area contributed by atoms with Gasteiger partial charge in [0.1, 0.15) is 0 Å². The first kappa shape index (κ1) is 27.7. The van der Waals surface area contributed by atoms with E-state index in [1.54, 1.807) is 60.7 Å². The monoisotopic (exact) mass is 631 g/mol. The molecular weight excluding hydrogens is 614 g/mol. The average Bonchev–Trinajstić information content (AvgIpc) is 2.97. The molecular formula is C29H19BrClN5O5. The summed E-state index contributed by atoms with van der Waals surface area (Å²) in [5.74, 6) is -0.338. The quantitative estimate of drug-likeness (QED) is 0.122. The fourth-order valence-corrected chi connectivity index (χ4v) is 4.66. The molecule has 0 spiro atoms. The van der Waals surface area contributed by atoms with E-state index < -0.39 is 28.7 Å². The van der Waals surface area contributed by atoms with Crippen molar-refractivity contribution in [3.8, 4) is 17.1 Å². The van der Waals surface area contributed by atoms with Crippen LogP contribution < -0.4 is 15.6 Å². The van der Waals surface area contributed by atoms with E-state index in [1.807, 2.05) is 18.2 Å². The number of hydrogen-bond acceptors (Lipinski definition) is 7. The molecule has 4 aromatic carbocycles. The van der Waals surface area contributed by atoms with Crippen LogP contribution in [-0.2, 0) is 4.79 Å². The molecule has 0 aliphatic carbocycles. The summed E-state index contributed by atoms with van der Waals surface area (Å²) in [5, 5.41) is 19.8. The molecule has 0 unspecified atom stereocenters. The molecule has 0 fully saturated rings. The van der Waals surface area contributed by atoms with E-state index in [0.29, 0.717) is 38.6 Å². The second-order valence-electron chi connectivity index (χ2n) is 8.63. The SMILES string of the molecule is O=C(COc1c(Br)cc(C=Nn2c(-c3ccccc3)nc3ccccc3c2=O)cc1[N+](=O)[O-])Nc1ccc(Cl)cc1. The Morgan fingerprint density at radius 3 is 2.51 bits per heavy atom. The van der Waals surface area contributed by atoms with Crippen molar-refractivity contribution in [2.24, 2.45) is 5.10 Å². The molecule has 1 heterocycles. The molecule has 1 amide bonds. The minimum atomic E-state index is -0.631. The van der Waals surface area contributed by atoms with Crippen molar-refractivity contribution in [3.05, 3.63) is 127 Å². The standard InChI is InChI=1S/C29H19BrClN5O5/c30-23-14-18(15-25(36(39)40)27(23)41-17-26(37)33-21-12-10-20(31)11-13-21)16-32-35-28(19-6-2-1-3-7-19)34-24-9-5-4-8-22(24)29(35)38/h1-16H,17H2,(H,33,37). The molecule has 1 aromatic heterocycles. The first-order valence-corrected chi connectivity index (χ1v) is 13.2. The summed E-state index contributed by atoms with van der Waals surface area (Å²) >= 11 is 9.15. The van der Waals surface area contributed by atoms with Crippen molar-refractivity contribution < 1.29 is 14.5 Å². The largest absolute Gasteiger partial charge is 0.476 e. The summed E-state index contributed by atoms with van der Waals surface area (Å²) in [6, 6.07) is 25.3. The topological polar surface area (TPSA) is 129 Å². The zero-order chi connectivity index (χ0) is 28.9. The Labute approximate surface area is 246 Å². The summed E-state index contributed by atoms with van der Waals surface area (Å²) < 4.78 is 6.89. The molecule has 5 rings (SSSR count). The van der Waals surface area contributed by atoms with Crippen molar-refractivity contribution in [3.63, 3.8) is 0 Å². The summed E-state index contributed by atoms with van der Waals surface area (Å²) in [6.45, 7) is -0.478. The van der Waals surface area contributed by atoms with E-state index in [2.05, 4.69) is 31.3 Å². The lowest BCUT2D eigenvalue weighted by Gasteiger charge is -2.11. The van der Waals surface area contributed by atoms with E-state index in [9.17, 15) is 19.7 Å². The smallest absolute Gasteiger partial charge is 0.312 e. The molecule has 41 heavy (non-hydrogen) atoms. The Kier molecular flexibility index (Phi) is 8.18. The number of nitro groups is 1. The molecule has 1 N–H and O–H groups in total. The zero-order valence-electron chi connectivity index (χ0n) is 21.0. The molecule has 0 saturated heterocycles. The number of amides is 1. The normalized spacial score (nSPS) is 11.1. The van der Waals surface area contributed by atoms with Gasteiger partial charge in [-0.2, -0.15) is 9.78 Å². The van der Waals surface area contributed by atoms with Crippen molar-refractivity contribution in [1.82, 2.24) is 9.66 Å². The summed E-state index contributed by atoms with van der Waals surface area (Å²) in [7, 11) is 0. The van der Waals surface area contributed by atoms with Crippen LogP contribution >= 0.6 is 27.5 Å². The number of nitrogens with one attached hydrogen (secondary N) is 1. The number of carbonyl (C=O) groups is 1. The highest BCUT2D eigenvalue weighted by Gasteiger charge is 2.21. The molecule has 0 aliphatic heterocycles. The van der Waals surface area contributed by atoms with Gasteiger partial charge in [-0.3, -0.25) is 19.7 Å². The summed E-state index contributed by atoms with van der Waals surface area (Å²) in [4.78, 5) is 41.6.